The molecule has 1 aromatic heterocycles. The maximum absolute atomic E-state index is 5.51. The third-order valence-electron chi connectivity index (χ3n) is 2.62. The molecule has 1 unspecified atom stereocenters. The van der Waals surface area contributed by atoms with Crippen LogP contribution in [0.25, 0.3) is 0 Å². The number of morpholine rings is 1. The number of hydrogen-bond acceptors (Lipinski definition) is 4. The number of pyridine rings is 1. The molecule has 0 aliphatic carbocycles. The zero-order valence-corrected chi connectivity index (χ0v) is 9.23. The third-order valence-corrected chi connectivity index (χ3v) is 2.62. The second-order valence-electron chi connectivity index (χ2n) is 3.81. The summed E-state index contributed by atoms with van der Waals surface area (Å²) in [4.78, 5) is 6.52. The Hall–Kier alpha value is -1.29. The average molecular weight is 207 g/mol. The van der Waals surface area contributed by atoms with Crippen molar-refractivity contribution in [2.45, 2.75) is 13.0 Å². The minimum atomic E-state index is 0.303. The molecule has 82 valence electrons. The van der Waals surface area contributed by atoms with Crippen molar-refractivity contribution in [2.75, 3.05) is 37.0 Å². The van der Waals surface area contributed by atoms with E-state index in [1.54, 1.807) is 0 Å². The summed E-state index contributed by atoms with van der Waals surface area (Å²) in [6, 6.07) is 2.12. The van der Waals surface area contributed by atoms with Gasteiger partial charge in [-0.15, -0.1) is 0 Å². The minimum Gasteiger partial charge on any atom is -0.387 e. The highest BCUT2D eigenvalue weighted by Gasteiger charge is 2.17. The first kappa shape index (κ1) is 10.2. The van der Waals surface area contributed by atoms with Crippen LogP contribution in [0.5, 0.6) is 0 Å². The molecule has 0 spiro atoms. The molecule has 0 amide bonds. The number of hydrogen-bond donors (Lipinski definition) is 1. The van der Waals surface area contributed by atoms with Crippen LogP contribution in [0.3, 0.4) is 0 Å². The highest BCUT2D eigenvalue weighted by atomic mass is 16.5. The Morgan fingerprint density at radius 2 is 2.40 bits per heavy atom. The molecule has 0 radical (unpaired) electrons. The Balaban J connectivity index is 2.13. The summed E-state index contributed by atoms with van der Waals surface area (Å²) in [5.74, 6) is 0. The SMILES string of the molecule is CNc1cncc(N2CCOC(C)C2)c1. The average Bonchev–Trinajstić information content (AvgIpc) is 2.29. The summed E-state index contributed by atoms with van der Waals surface area (Å²) in [6.45, 7) is 4.78. The van der Waals surface area contributed by atoms with Crippen molar-refractivity contribution in [2.24, 2.45) is 0 Å². The maximum atomic E-state index is 5.51. The van der Waals surface area contributed by atoms with Crippen LogP contribution in [0.4, 0.5) is 11.4 Å². The van der Waals surface area contributed by atoms with Gasteiger partial charge in [-0.05, 0) is 13.0 Å². The highest BCUT2D eigenvalue weighted by Crippen LogP contribution is 2.19. The standard InChI is InChI=1S/C11H17N3O/c1-9-8-14(3-4-15-9)11-5-10(12-2)6-13-7-11/h5-7,9,12H,3-4,8H2,1-2H3. The molecule has 0 aromatic carbocycles. The van der Waals surface area contributed by atoms with Crippen molar-refractivity contribution in [3.8, 4) is 0 Å². The fourth-order valence-electron chi connectivity index (χ4n) is 1.79. The lowest BCUT2D eigenvalue weighted by molar-refractivity contribution is 0.0532. The second-order valence-corrected chi connectivity index (χ2v) is 3.81. The molecule has 0 saturated carbocycles. The second kappa shape index (κ2) is 4.49. The molecular formula is C11H17N3O. The van der Waals surface area contributed by atoms with Gasteiger partial charge in [0.15, 0.2) is 0 Å². The molecule has 1 aliphatic rings. The van der Waals surface area contributed by atoms with Gasteiger partial charge in [-0.2, -0.15) is 0 Å². The minimum absolute atomic E-state index is 0.303. The first-order chi connectivity index (χ1) is 7.29. The largest absolute Gasteiger partial charge is 0.387 e. The lowest BCUT2D eigenvalue weighted by atomic mass is 10.2. The molecule has 0 bridgehead atoms. The van der Waals surface area contributed by atoms with Crippen molar-refractivity contribution in [3.05, 3.63) is 18.5 Å². The lowest BCUT2D eigenvalue weighted by Gasteiger charge is -2.32. The van der Waals surface area contributed by atoms with E-state index in [0.29, 0.717) is 6.10 Å². The molecule has 4 heteroatoms. The van der Waals surface area contributed by atoms with Gasteiger partial charge in [-0.1, -0.05) is 0 Å². The quantitative estimate of drug-likeness (QED) is 0.794. The molecule has 1 aromatic rings. The summed E-state index contributed by atoms with van der Waals surface area (Å²) in [5, 5.41) is 3.10. The van der Waals surface area contributed by atoms with Gasteiger partial charge < -0.3 is 15.0 Å². The van der Waals surface area contributed by atoms with Crippen molar-refractivity contribution in [1.82, 2.24) is 4.98 Å². The van der Waals surface area contributed by atoms with Crippen LogP contribution in [-0.2, 0) is 4.74 Å². The number of nitrogens with zero attached hydrogens (tertiary/aromatic N) is 2. The van der Waals surface area contributed by atoms with Gasteiger partial charge in [0.2, 0.25) is 0 Å². The van der Waals surface area contributed by atoms with Crippen LogP contribution < -0.4 is 10.2 Å². The zero-order valence-electron chi connectivity index (χ0n) is 9.23. The van der Waals surface area contributed by atoms with Crippen LogP contribution >= 0.6 is 0 Å². The predicted octanol–water partition coefficient (Wildman–Crippen LogP) is 1.35. The van der Waals surface area contributed by atoms with E-state index in [9.17, 15) is 0 Å². The topological polar surface area (TPSA) is 37.4 Å². The van der Waals surface area contributed by atoms with Crippen molar-refractivity contribution in [1.29, 1.82) is 0 Å². The summed E-state index contributed by atoms with van der Waals surface area (Å²) in [6.07, 6.45) is 4.03. The van der Waals surface area contributed by atoms with Gasteiger partial charge in [0.25, 0.3) is 0 Å². The van der Waals surface area contributed by atoms with Crippen LogP contribution in [-0.4, -0.2) is 37.8 Å². The van der Waals surface area contributed by atoms with Crippen molar-refractivity contribution in [3.63, 3.8) is 0 Å². The van der Waals surface area contributed by atoms with Crippen LogP contribution in [0.1, 0.15) is 6.92 Å². The molecule has 1 fully saturated rings. The Bertz CT molecular complexity index is 329. The highest BCUT2D eigenvalue weighted by molar-refractivity contribution is 5.55. The zero-order chi connectivity index (χ0) is 10.7. The Labute approximate surface area is 90.3 Å². The van der Waals surface area contributed by atoms with E-state index in [-0.39, 0.29) is 0 Å². The fraction of sp³-hybridized carbons (Fsp3) is 0.545. The summed E-state index contributed by atoms with van der Waals surface area (Å²) in [7, 11) is 1.91. The molecule has 2 heterocycles. The monoisotopic (exact) mass is 207 g/mol. The number of anilines is 2. The van der Waals surface area contributed by atoms with E-state index in [2.05, 4.69) is 28.2 Å². The van der Waals surface area contributed by atoms with Gasteiger partial charge in [0, 0.05) is 20.1 Å². The van der Waals surface area contributed by atoms with E-state index in [1.165, 1.54) is 0 Å². The van der Waals surface area contributed by atoms with E-state index in [4.69, 9.17) is 4.74 Å². The van der Waals surface area contributed by atoms with Crippen LogP contribution in [0, 0.1) is 0 Å². The molecule has 1 N–H and O–H groups in total. The van der Waals surface area contributed by atoms with Gasteiger partial charge in [-0.25, -0.2) is 0 Å². The van der Waals surface area contributed by atoms with Gasteiger partial charge in [0.05, 0.1) is 36.5 Å². The van der Waals surface area contributed by atoms with Gasteiger partial charge in [0.1, 0.15) is 0 Å². The first-order valence-corrected chi connectivity index (χ1v) is 5.29. The molecule has 4 nitrogen and oxygen atoms in total. The van der Waals surface area contributed by atoms with Gasteiger partial charge in [-0.3, -0.25) is 4.98 Å². The summed E-state index contributed by atoms with van der Waals surface area (Å²) >= 11 is 0. The number of aromatic nitrogens is 1. The molecule has 1 saturated heterocycles. The predicted molar refractivity (Wildman–Crippen MR) is 61.4 cm³/mol. The number of rotatable bonds is 2. The Morgan fingerprint density at radius 3 is 3.13 bits per heavy atom. The van der Waals surface area contributed by atoms with E-state index in [1.807, 2.05) is 19.4 Å². The molecule has 1 atom stereocenters. The first-order valence-electron chi connectivity index (χ1n) is 5.29. The normalized spacial score (nSPS) is 21.5. The van der Waals surface area contributed by atoms with E-state index in [0.717, 1.165) is 31.1 Å². The van der Waals surface area contributed by atoms with Crippen LogP contribution in [0.2, 0.25) is 0 Å². The third kappa shape index (κ3) is 2.39. The van der Waals surface area contributed by atoms with Crippen molar-refractivity contribution < 1.29 is 4.74 Å². The molecule has 15 heavy (non-hydrogen) atoms. The fourth-order valence-corrected chi connectivity index (χ4v) is 1.79. The van der Waals surface area contributed by atoms with Gasteiger partial charge >= 0.3 is 0 Å². The maximum Gasteiger partial charge on any atom is 0.0722 e. The summed E-state index contributed by atoms with van der Waals surface area (Å²) in [5.41, 5.74) is 2.21. The van der Waals surface area contributed by atoms with Crippen molar-refractivity contribution >= 4 is 11.4 Å². The Morgan fingerprint density at radius 1 is 1.53 bits per heavy atom. The van der Waals surface area contributed by atoms with E-state index >= 15 is 0 Å². The van der Waals surface area contributed by atoms with E-state index < -0.39 is 0 Å². The number of nitrogens with one attached hydrogen (secondary N) is 1. The Kier molecular flexibility index (Phi) is 3.06. The smallest absolute Gasteiger partial charge is 0.0722 e. The van der Waals surface area contributed by atoms with Crippen LogP contribution in [0.15, 0.2) is 18.5 Å². The number of ether oxygens (including phenoxy) is 1. The molecule has 2 rings (SSSR count). The summed E-state index contributed by atoms with van der Waals surface area (Å²) < 4.78 is 5.51. The molecular weight excluding hydrogens is 190 g/mol. The molecule has 1 aliphatic heterocycles. The lowest BCUT2D eigenvalue weighted by Crippen LogP contribution is -2.41.